The molecule has 180 valence electrons. The zero-order chi connectivity index (χ0) is 22.1. The molecule has 6 nitrogen and oxygen atoms in total. The summed E-state index contributed by atoms with van der Waals surface area (Å²) >= 11 is 0. The number of anilines is 1. The zero-order valence-corrected chi connectivity index (χ0v) is 20.7. The van der Waals surface area contributed by atoms with E-state index in [1.54, 1.807) is 0 Å². The van der Waals surface area contributed by atoms with E-state index in [-0.39, 0.29) is 37.1 Å². The second-order valence-electron chi connectivity index (χ2n) is 8.26. The summed E-state index contributed by atoms with van der Waals surface area (Å²) in [6.45, 7) is 5.60. The molecule has 0 aliphatic rings. The molecule has 4 N–H and O–H groups in total. The van der Waals surface area contributed by atoms with Gasteiger partial charge >= 0.3 is 0 Å². The van der Waals surface area contributed by atoms with Crippen LogP contribution in [0, 0.1) is 5.92 Å². The average molecular weight is 493 g/mol. The number of hydrogen-bond donors (Lipinski definition) is 4. The molecule has 0 radical (unpaired) electrons. The predicted octanol–water partition coefficient (Wildman–Crippen LogP) is 4.50. The number of amides is 1. The number of carbonyl (C=O) groups excluding carboxylic acids is 1. The van der Waals surface area contributed by atoms with Gasteiger partial charge in [-0.2, -0.15) is 0 Å². The lowest BCUT2D eigenvalue weighted by atomic mass is 10.1. The molecule has 0 unspecified atom stereocenters. The van der Waals surface area contributed by atoms with E-state index in [1.807, 2.05) is 60.8 Å². The smallest absolute Gasteiger partial charge is 0.231 e. The number of halogens is 2. The van der Waals surface area contributed by atoms with Crippen LogP contribution in [0.2, 0.25) is 0 Å². The third-order valence-electron chi connectivity index (χ3n) is 4.99. The van der Waals surface area contributed by atoms with Crippen molar-refractivity contribution in [3.63, 3.8) is 0 Å². The van der Waals surface area contributed by atoms with Crippen LogP contribution < -0.4 is 10.6 Å². The van der Waals surface area contributed by atoms with Crippen molar-refractivity contribution in [2.45, 2.75) is 39.2 Å². The number of benzene rings is 2. The van der Waals surface area contributed by atoms with E-state index in [2.05, 4.69) is 34.4 Å². The normalized spacial score (nSPS) is 11.4. The summed E-state index contributed by atoms with van der Waals surface area (Å²) in [6.07, 6.45) is 3.31. The summed E-state index contributed by atoms with van der Waals surface area (Å²) in [7, 11) is 0. The van der Waals surface area contributed by atoms with Crippen LogP contribution in [0.4, 0.5) is 5.69 Å². The Morgan fingerprint density at radius 3 is 2.42 bits per heavy atom. The van der Waals surface area contributed by atoms with Crippen LogP contribution in [0.25, 0.3) is 0 Å². The average Bonchev–Trinajstić information content (AvgIpc) is 3.18. The molecule has 0 fully saturated rings. The highest BCUT2D eigenvalue weighted by Crippen LogP contribution is 2.12. The fourth-order valence-corrected chi connectivity index (χ4v) is 3.42. The van der Waals surface area contributed by atoms with E-state index in [0.29, 0.717) is 18.3 Å². The van der Waals surface area contributed by atoms with E-state index in [4.69, 9.17) is 0 Å². The third kappa shape index (κ3) is 9.96. The first-order valence-electron chi connectivity index (χ1n) is 10.8. The quantitative estimate of drug-likeness (QED) is 0.296. The SMILES string of the molecule is CC(C)Cc1cnc(CC(=O)Nc2ccc(CCNC[C@H](O)c3ccccc3)cc2)[nH]1.Cl.Cl. The summed E-state index contributed by atoms with van der Waals surface area (Å²) in [4.78, 5) is 19.8. The summed E-state index contributed by atoms with van der Waals surface area (Å²) in [5.41, 5.74) is 3.92. The lowest BCUT2D eigenvalue weighted by Crippen LogP contribution is -2.23. The first kappa shape index (κ1) is 28.7. The zero-order valence-electron chi connectivity index (χ0n) is 19.1. The van der Waals surface area contributed by atoms with Crippen molar-refractivity contribution in [1.82, 2.24) is 15.3 Å². The molecule has 0 aliphatic carbocycles. The summed E-state index contributed by atoms with van der Waals surface area (Å²) < 4.78 is 0. The minimum atomic E-state index is -0.505. The molecule has 1 atom stereocenters. The molecule has 8 heteroatoms. The number of aliphatic hydroxyl groups excluding tert-OH is 1. The fourth-order valence-electron chi connectivity index (χ4n) is 3.42. The van der Waals surface area contributed by atoms with Crippen LogP contribution in [0.1, 0.15) is 42.6 Å². The van der Waals surface area contributed by atoms with Gasteiger partial charge in [-0.15, -0.1) is 24.8 Å². The number of H-pyrrole nitrogens is 1. The molecule has 1 heterocycles. The van der Waals surface area contributed by atoms with Gasteiger partial charge < -0.3 is 20.7 Å². The number of hydrogen-bond acceptors (Lipinski definition) is 4. The summed E-state index contributed by atoms with van der Waals surface area (Å²) in [6, 6.07) is 17.5. The highest BCUT2D eigenvalue weighted by atomic mass is 35.5. The standard InChI is InChI=1S/C25H32N4O2.2ClH/c1-18(2)14-22-16-27-24(28-22)15-25(31)29-21-10-8-19(9-11-21)12-13-26-17-23(30)20-6-4-3-5-7-20;;/h3-11,16,18,23,26,30H,12-15,17H2,1-2H3,(H,27,28)(H,29,31);2*1H/t23-;;/m0../s1. The van der Waals surface area contributed by atoms with E-state index in [0.717, 1.165) is 36.3 Å². The molecule has 33 heavy (non-hydrogen) atoms. The van der Waals surface area contributed by atoms with E-state index in [9.17, 15) is 9.90 Å². The van der Waals surface area contributed by atoms with Gasteiger partial charge in [0, 0.05) is 24.1 Å². The van der Waals surface area contributed by atoms with Gasteiger partial charge in [0.1, 0.15) is 5.82 Å². The largest absolute Gasteiger partial charge is 0.387 e. The molecular formula is C25H34Cl2N4O2. The predicted molar refractivity (Wildman–Crippen MR) is 138 cm³/mol. The monoisotopic (exact) mass is 492 g/mol. The number of aliphatic hydroxyl groups is 1. The highest BCUT2D eigenvalue weighted by Gasteiger charge is 2.09. The maximum Gasteiger partial charge on any atom is 0.231 e. The van der Waals surface area contributed by atoms with Crippen LogP contribution in [0.15, 0.2) is 60.8 Å². The minimum Gasteiger partial charge on any atom is -0.387 e. The molecule has 0 saturated carbocycles. The van der Waals surface area contributed by atoms with E-state index in [1.165, 1.54) is 5.56 Å². The maximum absolute atomic E-state index is 12.3. The summed E-state index contributed by atoms with van der Waals surface area (Å²) in [5, 5.41) is 16.4. The molecule has 1 amide bonds. The lowest BCUT2D eigenvalue weighted by molar-refractivity contribution is -0.115. The molecular weight excluding hydrogens is 459 g/mol. The Labute approximate surface area is 208 Å². The van der Waals surface area contributed by atoms with Gasteiger partial charge in [0.2, 0.25) is 5.91 Å². The van der Waals surface area contributed by atoms with Gasteiger partial charge in [-0.05, 0) is 48.6 Å². The van der Waals surface area contributed by atoms with Crippen molar-refractivity contribution >= 4 is 36.4 Å². The van der Waals surface area contributed by atoms with Crippen LogP contribution in [-0.2, 0) is 24.1 Å². The van der Waals surface area contributed by atoms with Crippen LogP contribution >= 0.6 is 24.8 Å². The Kier molecular flexibility index (Phi) is 12.8. The van der Waals surface area contributed by atoms with Gasteiger partial charge in [0.15, 0.2) is 0 Å². The van der Waals surface area contributed by atoms with Crippen molar-refractivity contribution in [2.75, 3.05) is 18.4 Å². The topological polar surface area (TPSA) is 90.0 Å². The number of nitrogens with one attached hydrogen (secondary N) is 3. The lowest BCUT2D eigenvalue weighted by Gasteiger charge is -2.12. The molecule has 3 rings (SSSR count). The first-order chi connectivity index (χ1) is 15.0. The van der Waals surface area contributed by atoms with E-state index >= 15 is 0 Å². The van der Waals surface area contributed by atoms with Crippen molar-refractivity contribution < 1.29 is 9.90 Å². The van der Waals surface area contributed by atoms with Gasteiger partial charge in [-0.25, -0.2) is 4.98 Å². The van der Waals surface area contributed by atoms with Crippen molar-refractivity contribution in [1.29, 1.82) is 0 Å². The second-order valence-corrected chi connectivity index (χ2v) is 8.26. The fraction of sp³-hybridized carbons (Fsp3) is 0.360. The Bertz CT molecular complexity index is 947. The minimum absolute atomic E-state index is 0. The first-order valence-corrected chi connectivity index (χ1v) is 10.8. The maximum atomic E-state index is 12.3. The molecule has 3 aromatic rings. The molecule has 1 aromatic heterocycles. The number of imidazole rings is 1. The van der Waals surface area contributed by atoms with E-state index < -0.39 is 6.10 Å². The Morgan fingerprint density at radius 2 is 1.76 bits per heavy atom. The third-order valence-corrected chi connectivity index (χ3v) is 4.99. The number of aromatic nitrogens is 2. The summed E-state index contributed by atoms with van der Waals surface area (Å²) in [5.74, 6) is 1.15. The van der Waals surface area contributed by atoms with Crippen LogP contribution in [0.5, 0.6) is 0 Å². The second kappa shape index (κ2) is 14.7. The number of rotatable bonds is 11. The molecule has 0 aliphatic heterocycles. The molecule has 0 spiro atoms. The Hall–Kier alpha value is -2.38. The van der Waals surface area contributed by atoms with Crippen molar-refractivity contribution in [2.24, 2.45) is 5.92 Å². The number of carbonyl (C=O) groups is 1. The van der Waals surface area contributed by atoms with Gasteiger partial charge in [0.05, 0.1) is 12.5 Å². The molecule has 2 aromatic carbocycles. The van der Waals surface area contributed by atoms with Crippen molar-refractivity contribution in [3.8, 4) is 0 Å². The van der Waals surface area contributed by atoms with Gasteiger partial charge in [-0.3, -0.25) is 4.79 Å². The Morgan fingerprint density at radius 1 is 1.06 bits per heavy atom. The number of aromatic amines is 1. The van der Waals surface area contributed by atoms with Crippen LogP contribution in [-0.4, -0.2) is 34.1 Å². The van der Waals surface area contributed by atoms with Gasteiger partial charge in [0.25, 0.3) is 0 Å². The molecule has 0 bridgehead atoms. The number of nitrogens with zero attached hydrogens (tertiary/aromatic N) is 1. The van der Waals surface area contributed by atoms with Crippen LogP contribution in [0.3, 0.4) is 0 Å². The van der Waals surface area contributed by atoms with Crippen molar-refractivity contribution in [3.05, 3.63) is 83.4 Å². The van der Waals surface area contributed by atoms with Gasteiger partial charge in [-0.1, -0.05) is 56.3 Å². The molecule has 0 saturated heterocycles. The Balaban J connectivity index is 0.00000272. The highest BCUT2D eigenvalue weighted by molar-refractivity contribution is 5.91.